The summed E-state index contributed by atoms with van der Waals surface area (Å²) in [6.07, 6.45) is 96.4. The van der Waals surface area contributed by atoms with E-state index in [-0.39, 0.29) is 31.1 Å². The van der Waals surface area contributed by atoms with Crippen molar-refractivity contribution >= 4 is 17.9 Å². The van der Waals surface area contributed by atoms with Crippen molar-refractivity contribution in [1.82, 2.24) is 0 Å². The molecule has 0 aromatic heterocycles. The van der Waals surface area contributed by atoms with Crippen LogP contribution in [0.3, 0.4) is 0 Å². The Kier molecular flexibility index (Phi) is 65.8. The van der Waals surface area contributed by atoms with E-state index >= 15 is 0 Å². The van der Waals surface area contributed by atoms with Crippen molar-refractivity contribution in [3.63, 3.8) is 0 Å². The van der Waals surface area contributed by atoms with Crippen LogP contribution in [-0.4, -0.2) is 37.2 Å². The molecule has 0 rings (SSSR count). The summed E-state index contributed by atoms with van der Waals surface area (Å²) in [5, 5.41) is 0. The molecule has 0 heterocycles. The molecule has 0 saturated heterocycles. The highest BCUT2D eigenvalue weighted by atomic mass is 16.6. The Morgan fingerprint density at radius 1 is 0.256 bits per heavy atom. The molecule has 0 aliphatic rings. The maximum atomic E-state index is 13.0. The van der Waals surface area contributed by atoms with Crippen LogP contribution in [0, 0.1) is 0 Å². The zero-order chi connectivity index (χ0) is 59.2. The number of carbonyl (C=O) groups is 3. The molecule has 0 amide bonds. The summed E-state index contributed by atoms with van der Waals surface area (Å²) in [4.78, 5) is 38.4. The zero-order valence-corrected chi connectivity index (χ0v) is 53.7. The first-order chi connectivity index (χ1) is 40.5. The van der Waals surface area contributed by atoms with Crippen LogP contribution in [0.1, 0.15) is 323 Å². The molecule has 1 unspecified atom stereocenters. The summed E-state index contributed by atoms with van der Waals surface area (Å²) < 4.78 is 17.0. The van der Waals surface area contributed by atoms with E-state index in [2.05, 4.69) is 142 Å². The van der Waals surface area contributed by atoms with Gasteiger partial charge in [0.25, 0.3) is 0 Å². The molecule has 0 aliphatic carbocycles. The summed E-state index contributed by atoms with van der Waals surface area (Å²) in [5.41, 5.74) is 0. The Balaban J connectivity index is 4.39. The summed E-state index contributed by atoms with van der Waals surface area (Å²) in [7, 11) is 0. The van der Waals surface area contributed by atoms with Gasteiger partial charge in [0.1, 0.15) is 13.2 Å². The van der Waals surface area contributed by atoms with E-state index < -0.39 is 6.10 Å². The minimum Gasteiger partial charge on any atom is -0.462 e. The maximum absolute atomic E-state index is 13.0. The predicted molar refractivity (Wildman–Crippen MR) is 357 cm³/mol. The van der Waals surface area contributed by atoms with E-state index in [9.17, 15) is 14.4 Å². The van der Waals surface area contributed by atoms with Crippen LogP contribution in [-0.2, 0) is 28.6 Å². The fourth-order valence-electron chi connectivity index (χ4n) is 9.51. The van der Waals surface area contributed by atoms with Crippen LogP contribution in [0.25, 0.3) is 0 Å². The molecule has 0 N–H and O–H groups in total. The number of carbonyl (C=O) groups excluding carboxylic acids is 3. The monoisotopic (exact) mass is 1140 g/mol. The van der Waals surface area contributed by atoms with E-state index in [1.807, 2.05) is 0 Å². The first-order valence-corrected chi connectivity index (χ1v) is 34.5. The Morgan fingerprint density at radius 2 is 0.476 bits per heavy atom. The Morgan fingerprint density at radius 3 is 0.756 bits per heavy atom. The van der Waals surface area contributed by atoms with Crippen molar-refractivity contribution in [2.45, 2.75) is 329 Å². The highest BCUT2D eigenvalue weighted by Gasteiger charge is 2.19. The third-order valence-corrected chi connectivity index (χ3v) is 14.7. The molecular weight excluding hydrogens is 1010 g/mol. The number of allylic oxidation sites excluding steroid dienone is 20. The van der Waals surface area contributed by atoms with Gasteiger partial charge in [0.2, 0.25) is 0 Å². The average Bonchev–Trinajstić information content (AvgIpc) is 3.48. The summed E-state index contributed by atoms with van der Waals surface area (Å²) >= 11 is 0. The van der Waals surface area contributed by atoms with Crippen LogP contribution >= 0.6 is 0 Å². The fourth-order valence-corrected chi connectivity index (χ4v) is 9.51. The lowest BCUT2D eigenvalue weighted by Gasteiger charge is -2.18. The van der Waals surface area contributed by atoms with Gasteiger partial charge >= 0.3 is 17.9 Å². The van der Waals surface area contributed by atoms with E-state index in [0.717, 1.165) is 135 Å². The van der Waals surface area contributed by atoms with Crippen LogP contribution in [0.4, 0.5) is 0 Å². The lowest BCUT2D eigenvalue weighted by molar-refractivity contribution is -0.167. The molecule has 0 aliphatic heterocycles. The van der Waals surface area contributed by atoms with Crippen molar-refractivity contribution < 1.29 is 28.6 Å². The van der Waals surface area contributed by atoms with Gasteiger partial charge in [-0.3, -0.25) is 14.4 Å². The molecule has 1 atom stereocenters. The SMILES string of the molecule is CC/C=C\C/C=C\C/C=C\C/C=C\C/C=C\C/C=C\C/C=C\CCCCCCCC(=O)OCC(COC(=O)CCCCCCC/C=C\CCCCCCC)OC(=O)CCCCCCCCCCCCC/C=C\C/C=C\CCCCCCC. The Hall–Kier alpha value is -4.19. The van der Waals surface area contributed by atoms with Gasteiger partial charge in [-0.25, -0.2) is 0 Å². The standard InChI is InChI=1S/C76H128O6/c1-4-7-10-13-16-19-22-25-28-30-32-34-36-37-38-39-41-42-44-46-48-51-54-57-60-63-66-69-75(78)81-72-73(71-80-74(77)68-65-62-59-56-53-50-27-24-21-18-15-12-9-6-3)82-76(79)70-67-64-61-58-55-52-49-47-45-43-40-35-33-31-29-26-23-20-17-14-11-8-5-2/h7,10,16,19,23-28,31-34,37-38,41-42,46,48,73H,4-6,8-9,11-15,17-18,20-22,29-30,35-36,39-40,43-45,47,49-72H2,1-3H3/b10-7-,19-16-,26-23-,27-24-,28-25-,33-31-,34-32-,38-37-,42-41-,48-46-. The van der Waals surface area contributed by atoms with Gasteiger partial charge in [0.15, 0.2) is 6.10 Å². The Bertz CT molecular complexity index is 1690. The van der Waals surface area contributed by atoms with Crippen LogP contribution < -0.4 is 0 Å². The summed E-state index contributed by atoms with van der Waals surface area (Å²) in [6.45, 7) is 6.51. The number of ether oxygens (including phenoxy) is 3. The lowest BCUT2D eigenvalue weighted by Crippen LogP contribution is -2.30. The number of rotatable bonds is 62. The van der Waals surface area contributed by atoms with Crippen molar-refractivity contribution in [3.05, 3.63) is 122 Å². The molecule has 0 saturated carbocycles. The highest BCUT2D eigenvalue weighted by Crippen LogP contribution is 2.16. The van der Waals surface area contributed by atoms with Crippen LogP contribution in [0.15, 0.2) is 122 Å². The number of esters is 3. The van der Waals surface area contributed by atoms with E-state index in [1.54, 1.807) is 0 Å². The molecule has 82 heavy (non-hydrogen) atoms. The van der Waals surface area contributed by atoms with E-state index in [0.29, 0.717) is 19.3 Å². The molecule has 6 heteroatoms. The molecule has 0 aromatic rings. The van der Waals surface area contributed by atoms with Crippen molar-refractivity contribution in [2.24, 2.45) is 0 Å². The average molecular weight is 1140 g/mol. The maximum Gasteiger partial charge on any atom is 0.306 e. The molecular formula is C76H128O6. The van der Waals surface area contributed by atoms with Crippen molar-refractivity contribution in [2.75, 3.05) is 13.2 Å². The zero-order valence-electron chi connectivity index (χ0n) is 53.7. The van der Waals surface area contributed by atoms with Gasteiger partial charge in [-0.05, 0) is 135 Å². The van der Waals surface area contributed by atoms with Crippen LogP contribution in [0.2, 0.25) is 0 Å². The van der Waals surface area contributed by atoms with Crippen molar-refractivity contribution in [3.8, 4) is 0 Å². The highest BCUT2D eigenvalue weighted by molar-refractivity contribution is 5.71. The largest absolute Gasteiger partial charge is 0.462 e. The molecule has 0 aromatic carbocycles. The molecule has 0 fully saturated rings. The third kappa shape index (κ3) is 66.6. The predicted octanol–water partition coefficient (Wildman–Crippen LogP) is 23.9. The lowest BCUT2D eigenvalue weighted by atomic mass is 10.0. The van der Waals surface area contributed by atoms with E-state index in [1.165, 1.54) is 148 Å². The van der Waals surface area contributed by atoms with Gasteiger partial charge < -0.3 is 14.2 Å². The van der Waals surface area contributed by atoms with Crippen LogP contribution in [0.5, 0.6) is 0 Å². The number of hydrogen-bond acceptors (Lipinski definition) is 6. The van der Waals surface area contributed by atoms with Gasteiger partial charge in [-0.2, -0.15) is 0 Å². The second-order valence-corrected chi connectivity index (χ2v) is 22.7. The second-order valence-electron chi connectivity index (χ2n) is 22.7. The van der Waals surface area contributed by atoms with Gasteiger partial charge in [0, 0.05) is 19.3 Å². The van der Waals surface area contributed by atoms with Gasteiger partial charge in [0.05, 0.1) is 0 Å². The molecule has 6 nitrogen and oxygen atoms in total. The molecule has 468 valence electrons. The number of hydrogen-bond donors (Lipinski definition) is 0. The first-order valence-electron chi connectivity index (χ1n) is 34.5. The minimum absolute atomic E-state index is 0.0904. The van der Waals surface area contributed by atoms with Gasteiger partial charge in [-0.1, -0.05) is 290 Å². The normalized spacial score (nSPS) is 12.9. The molecule has 0 radical (unpaired) electrons. The number of unbranched alkanes of at least 4 members (excludes halogenated alkanes) is 31. The summed E-state index contributed by atoms with van der Waals surface area (Å²) in [6, 6.07) is 0. The van der Waals surface area contributed by atoms with Gasteiger partial charge in [-0.15, -0.1) is 0 Å². The molecule has 0 spiro atoms. The molecule has 0 bridgehead atoms. The van der Waals surface area contributed by atoms with Crippen molar-refractivity contribution in [1.29, 1.82) is 0 Å². The summed E-state index contributed by atoms with van der Waals surface area (Å²) in [5.74, 6) is -0.911. The quantitative estimate of drug-likeness (QED) is 0.0261. The first kappa shape index (κ1) is 77.8. The third-order valence-electron chi connectivity index (χ3n) is 14.7. The smallest absolute Gasteiger partial charge is 0.306 e. The minimum atomic E-state index is -0.796. The topological polar surface area (TPSA) is 78.9 Å². The Labute approximate surface area is 507 Å². The second kappa shape index (κ2) is 69.3. The fraction of sp³-hybridized carbons (Fsp3) is 0.697. The van der Waals surface area contributed by atoms with E-state index in [4.69, 9.17) is 14.2 Å².